The van der Waals surface area contributed by atoms with Crippen LogP contribution >= 0.6 is 0 Å². The van der Waals surface area contributed by atoms with Gasteiger partial charge in [0.25, 0.3) is 5.89 Å². The summed E-state index contributed by atoms with van der Waals surface area (Å²) in [4.78, 5) is 7.44. The molecule has 6 nitrogen and oxygen atoms in total. The molecule has 3 aliphatic rings. The zero-order valence-electron chi connectivity index (χ0n) is 20.8. The third kappa shape index (κ3) is 4.02. The highest BCUT2D eigenvalue weighted by atomic mass is 16.5. The van der Waals surface area contributed by atoms with Gasteiger partial charge in [-0.3, -0.25) is 0 Å². The van der Waals surface area contributed by atoms with Crippen molar-refractivity contribution < 1.29 is 9.26 Å². The van der Waals surface area contributed by atoms with Gasteiger partial charge in [0.05, 0.1) is 11.7 Å². The molecule has 2 heterocycles. The number of fused-ring (bicyclic) bond motifs is 2. The topological polar surface area (TPSA) is 75.2 Å². The molecular weight excluding hydrogens is 436 g/mol. The summed E-state index contributed by atoms with van der Waals surface area (Å²) >= 11 is 0. The Labute approximate surface area is 206 Å². The molecule has 1 aliphatic heterocycles. The van der Waals surface area contributed by atoms with Crippen molar-refractivity contribution >= 4 is 0 Å². The highest BCUT2D eigenvalue weighted by Gasteiger charge is 2.47. The summed E-state index contributed by atoms with van der Waals surface area (Å²) in [6, 6.07) is 14.2. The molecule has 1 unspecified atom stereocenters. The van der Waals surface area contributed by atoms with E-state index in [0.29, 0.717) is 28.4 Å². The Balaban J connectivity index is 1.27. The molecular formula is C29H32N4O2. The third-order valence-electron chi connectivity index (χ3n) is 8.12. The van der Waals surface area contributed by atoms with E-state index in [2.05, 4.69) is 41.2 Å². The van der Waals surface area contributed by atoms with E-state index >= 15 is 0 Å². The van der Waals surface area contributed by atoms with Crippen molar-refractivity contribution in [1.29, 1.82) is 5.26 Å². The van der Waals surface area contributed by atoms with Gasteiger partial charge in [-0.1, -0.05) is 30.3 Å². The van der Waals surface area contributed by atoms with E-state index in [1.807, 2.05) is 19.9 Å². The second-order valence-electron chi connectivity index (χ2n) is 11.3. The Morgan fingerprint density at radius 2 is 2.03 bits per heavy atom. The van der Waals surface area contributed by atoms with Crippen LogP contribution in [-0.2, 0) is 11.8 Å². The molecule has 0 amide bonds. The number of hydrogen-bond acceptors (Lipinski definition) is 6. The molecule has 1 saturated heterocycles. The summed E-state index contributed by atoms with van der Waals surface area (Å²) in [6.45, 7) is 9.92. The lowest BCUT2D eigenvalue weighted by atomic mass is 9.81. The molecule has 1 aromatic heterocycles. The minimum absolute atomic E-state index is 0.00447. The number of nitrogens with zero attached hydrogens (tertiary/aromatic N) is 4. The lowest BCUT2D eigenvalue weighted by Gasteiger charge is -2.27. The van der Waals surface area contributed by atoms with Gasteiger partial charge in [-0.2, -0.15) is 10.2 Å². The van der Waals surface area contributed by atoms with Crippen LogP contribution < -0.4 is 4.74 Å². The van der Waals surface area contributed by atoms with Gasteiger partial charge in [-0.05, 0) is 87.2 Å². The van der Waals surface area contributed by atoms with Crippen LogP contribution in [0.1, 0.15) is 63.1 Å². The second kappa shape index (κ2) is 8.20. The Hall–Kier alpha value is -3.17. The van der Waals surface area contributed by atoms with Crippen molar-refractivity contribution in [3.63, 3.8) is 0 Å². The normalized spacial score (nSPS) is 22.5. The van der Waals surface area contributed by atoms with Gasteiger partial charge < -0.3 is 14.2 Å². The van der Waals surface area contributed by atoms with Gasteiger partial charge in [0.2, 0.25) is 5.82 Å². The third-order valence-corrected chi connectivity index (χ3v) is 8.12. The molecule has 2 fully saturated rings. The van der Waals surface area contributed by atoms with E-state index < -0.39 is 0 Å². The molecule has 1 atom stereocenters. The van der Waals surface area contributed by atoms with Gasteiger partial charge in [-0.25, -0.2) is 0 Å². The average Bonchev–Trinajstić information content (AvgIpc) is 3.23. The van der Waals surface area contributed by atoms with E-state index in [1.165, 1.54) is 49.9 Å². The monoisotopic (exact) mass is 468 g/mol. The summed E-state index contributed by atoms with van der Waals surface area (Å²) in [7, 11) is 0. The van der Waals surface area contributed by atoms with Gasteiger partial charge in [0, 0.05) is 29.6 Å². The fourth-order valence-electron chi connectivity index (χ4n) is 6.05. The zero-order valence-corrected chi connectivity index (χ0v) is 20.8. The number of likely N-dealkylation sites (tertiary alicyclic amines) is 1. The molecule has 3 aromatic rings. The van der Waals surface area contributed by atoms with Crippen LogP contribution in [0.3, 0.4) is 0 Å². The Morgan fingerprint density at radius 1 is 1.17 bits per heavy atom. The van der Waals surface area contributed by atoms with Crippen LogP contribution in [0.5, 0.6) is 5.75 Å². The number of nitriles is 1. The predicted molar refractivity (Wildman–Crippen MR) is 134 cm³/mol. The predicted octanol–water partition coefficient (Wildman–Crippen LogP) is 5.75. The van der Waals surface area contributed by atoms with Gasteiger partial charge in [-0.15, -0.1) is 0 Å². The van der Waals surface area contributed by atoms with Crippen LogP contribution in [-0.4, -0.2) is 40.8 Å². The maximum absolute atomic E-state index is 9.58. The molecule has 2 aromatic carbocycles. The molecule has 180 valence electrons. The molecule has 35 heavy (non-hydrogen) atoms. The molecule has 0 N–H and O–H groups in total. The van der Waals surface area contributed by atoms with Crippen LogP contribution in [0.2, 0.25) is 0 Å². The maximum Gasteiger partial charge on any atom is 0.258 e. The molecule has 1 saturated carbocycles. The second-order valence-corrected chi connectivity index (χ2v) is 11.3. The molecule has 0 bridgehead atoms. The van der Waals surface area contributed by atoms with Crippen molar-refractivity contribution in [2.24, 2.45) is 5.41 Å². The summed E-state index contributed by atoms with van der Waals surface area (Å²) < 4.78 is 11.4. The molecule has 6 rings (SSSR count). The molecule has 2 aliphatic carbocycles. The quantitative estimate of drug-likeness (QED) is 0.458. The van der Waals surface area contributed by atoms with E-state index in [1.54, 1.807) is 12.1 Å². The Morgan fingerprint density at radius 3 is 2.80 bits per heavy atom. The van der Waals surface area contributed by atoms with Crippen molar-refractivity contribution in [3.05, 3.63) is 53.1 Å². The first-order valence-electron chi connectivity index (χ1n) is 12.8. The maximum atomic E-state index is 9.58. The Bertz CT molecular complexity index is 1320. The first kappa shape index (κ1) is 22.3. The minimum Gasteiger partial charge on any atom is -0.490 e. The SMILES string of the molecule is CC(C)Oc1ccc(-c2nc(-c3cccc4c3CCC43CCN(CC4(C)CC4)C3)no2)cc1C#N. The summed E-state index contributed by atoms with van der Waals surface area (Å²) in [5.41, 5.74) is 5.92. The fraction of sp³-hybridized carbons (Fsp3) is 0.483. The molecule has 6 heteroatoms. The number of ether oxygens (including phenoxy) is 1. The van der Waals surface area contributed by atoms with Crippen molar-refractivity contribution in [2.45, 2.75) is 64.4 Å². The highest BCUT2D eigenvalue weighted by molar-refractivity contribution is 5.68. The van der Waals surface area contributed by atoms with E-state index in [-0.39, 0.29) is 11.5 Å². The van der Waals surface area contributed by atoms with Crippen LogP contribution in [0.4, 0.5) is 0 Å². The minimum atomic E-state index is -0.00447. The van der Waals surface area contributed by atoms with E-state index in [0.717, 1.165) is 24.1 Å². The summed E-state index contributed by atoms with van der Waals surface area (Å²) in [6.07, 6.45) is 6.23. The Kier molecular flexibility index (Phi) is 5.23. The lowest BCUT2D eigenvalue weighted by Crippen LogP contribution is -2.32. The number of hydrogen-bond donors (Lipinski definition) is 0. The van der Waals surface area contributed by atoms with Crippen LogP contribution in [0, 0.1) is 16.7 Å². The van der Waals surface area contributed by atoms with Crippen LogP contribution in [0.25, 0.3) is 22.8 Å². The fourth-order valence-corrected chi connectivity index (χ4v) is 6.05. The smallest absolute Gasteiger partial charge is 0.258 e. The first-order chi connectivity index (χ1) is 16.9. The van der Waals surface area contributed by atoms with Gasteiger partial charge in [0.15, 0.2) is 0 Å². The molecule has 1 spiro atoms. The lowest BCUT2D eigenvalue weighted by molar-refractivity contribution is 0.241. The average molecular weight is 469 g/mol. The van der Waals surface area contributed by atoms with Gasteiger partial charge >= 0.3 is 0 Å². The van der Waals surface area contributed by atoms with Crippen LogP contribution in [0.15, 0.2) is 40.9 Å². The number of rotatable bonds is 6. The standard InChI is InChI=1S/C29H32N4O2/c1-19(2)34-25-8-7-20(15-21(25)16-30)27-31-26(32-35-27)23-5-4-6-24-22(23)9-10-29(24)13-14-33(18-29)17-28(3)11-12-28/h4-8,15,19H,9-14,17-18H2,1-3H3. The van der Waals surface area contributed by atoms with Crippen molar-refractivity contribution in [2.75, 3.05) is 19.6 Å². The highest BCUT2D eigenvalue weighted by Crippen LogP contribution is 2.51. The first-order valence-corrected chi connectivity index (χ1v) is 12.8. The zero-order chi connectivity index (χ0) is 24.2. The van der Waals surface area contributed by atoms with E-state index in [9.17, 15) is 5.26 Å². The summed E-state index contributed by atoms with van der Waals surface area (Å²) in [5, 5.41) is 13.9. The summed E-state index contributed by atoms with van der Waals surface area (Å²) in [5.74, 6) is 1.61. The van der Waals surface area contributed by atoms with E-state index in [4.69, 9.17) is 14.2 Å². The molecule has 0 radical (unpaired) electrons. The van der Waals surface area contributed by atoms with Crippen molar-refractivity contribution in [3.8, 4) is 34.7 Å². The van der Waals surface area contributed by atoms with Crippen molar-refractivity contribution in [1.82, 2.24) is 15.0 Å². The van der Waals surface area contributed by atoms with Gasteiger partial charge in [0.1, 0.15) is 11.8 Å². The largest absolute Gasteiger partial charge is 0.490 e. The number of aromatic nitrogens is 2. The number of benzene rings is 2.